The van der Waals surface area contributed by atoms with Crippen molar-refractivity contribution in [1.82, 2.24) is 15.3 Å². The monoisotopic (exact) mass is 486 g/mol. The maximum Gasteiger partial charge on any atom is 0.233 e. The number of hydrogen-bond acceptors (Lipinski definition) is 5. The number of aromatic nitrogens is 2. The highest BCUT2D eigenvalue weighted by atomic mass is 35.5. The first-order valence-electron chi connectivity index (χ1n) is 12.4. The summed E-state index contributed by atoms with van der Waals surface area (Å²) in [6, 6.07) is 22.2. The third kappa shape index (κ3) is 5.92. The summed E-state index contributed by atoms with van der Waals surface area (Å²) in [5.74, 6) is 1.21. The van der Waals surface area contributed by atoms with Gasteiger partial charge in [-0.3, -0.25) is 0 Å². The third-order valence-corrected chi connectivity index (χ3v) is 6.94. The van der Waals surface area contributed by atoms with Gasteiger partial charge >= 0.3 is 0 Å². The first kappa shape index (κ1) is 23.6. The Labute approximate surface area is 211 Å². The van der Waals surface area contributed by atoms with Crippen molar-refractivity contribution in [3.63, 3.8) is 0 Å². The molecule has 4 aromatic rings. The van der Waals surface area contributed by atoms with E-state index in [1.165, 1.54) is 19.3 Å². The smallest absolute Gasteiger partial charge is 0.233 e. The number of fused-ring (bicyclic) bond motifs is 1. The van der Waals surface area contributed by atoms with Gasteiger partial charge in [-0.25, -0.2) is 9.97 Å². The number of para-hydroxylation sites is 1. The normalized spacial score (nSPS) is 15.7. The van der Waals surface area contributed by atoms with Crippen molar-refractivity contribution < 1.29 is 4.74 Å². The van der Waals surface area contributed by atoms with Crippen LogP contribution < -0.4 is 15.4 Å². The number of pyridine rings is 2. The highest BCUT2D eigenvalue weighted by Crippen LogP contribution is 2.36. The zero-order valence-electron chi connectivity index (χ0n) is 19.8. The molecule has 0 radical (unpaired) electrons. The summed E-state index contributed by atoms with van der Waals surface area (Å²) < 4.78 is 5.95. The van der Waals surface area contributed by atoms with Gasteiger partial charge < -0.3 is 15.4 Å². The molecule has 2 N–H and O–H groups in total. The molecule has 1 saturated heterocycles. The Kier molecular flexibility index (Phi) is 7.76. The number of halogens is 1. The van der Waals surface area contributed by atoms with Crippen LogP contribution in [0.3, 0.4) is 0 Å². The largest absolute Gasteiger partial charge is 0.472 e. The Bertz CT molecular complexity index is 1260. The molecule has 0 aliphatic carbocycles. The molecule has 0 saturated carbocycles. The van der Waals surface area contributed by atoms with Gasteiger partial charge in [0.1, 0.15) is 11.6 Å². The summed E-state index contributed by atoms with van der Waals surface area (Å²) >= 11 is 6.77. The van der Waals surface area contributed by atoms with Crippen LogP contribution in [0, 0.1) is 5.92 Å². The van der Waals surface area contributed by atoms with Crippen LogP contribution in [-0.4, -0.2) is 29.6 Å². The van der Waals surface area contributed by atoms with Crippen molar-refractivity contribution in [1.29, 1.82) is 0 Å². The molecule has 6 heteroatoms. The van der Waals surface area contributed by atoms with Crippen LogP contribution in [0.15, 0.2) is 72.9 Å². The Morgan fingerprint density at radius 1 is 1.06 bits per heavy atom. The lowest BCUT2D eigenvalue weighted by molar-refractivity contribution is 0.294. The molecule has 0 amide bonds. The van der Waals surface area contributed by atoms with Gasteiger partial charge in [0, 0.05) is 29.4 Å². The molecule has 1 fully saturated rings. The molecule has 0 bridgehead atoms. The zero-order chi connectivity index (χ0) is 23.9. The lowest BCUT2D eigenvalue weighted by Crippen LogP contribution is -2.29. The fraction of sp³-hybridized carbons (Fsp3) is 0.310. The lowest BCUT2D eigenvalue weighted by atomic mass is 9.95. The van der Waals surface area contributed by atoms with Gasteiger partial charge in [0.15, 0.2) is 0 Å². The van der Waals surface area contributed by atoms with E-state index >= 15 is 0 Å². The number of rotatable bonds is 9. The molecule has 2 aromatic heterocycles. The van der Waals surface area contributed by atoms with Gasteiger partial charge in [0.25, 0.3) is 0 Å². The number of ether oxygens (including phenoxy) is 1. The summed E-state index contributed by atoms with van der Waals surface area (Å²) in [7, 11) is 0. The summed E-state index contributed by atoms with van der Waals surface area (Å²) in [5.41, 5.74) is 4.69. The lowest BCUT2D eigenvalue weighted by Gasteiger charge is -2.22. The predicted molar refractivity (Wildman–Crippen MR) is 144 cm³/mol. The molecule has 5 nitrogen and oxygen atoms in total. The molecular weight excluding hydrogens is 456 g/mol. The molecule has 1 atom stereocenters. The molecule has 3 heterocycles. The van der Waals surface area contributed by atoms with Crippen molar-refractivity contribution in [2.75, 3.05) is 25.0 Å². The maximum atomic E-state index is 6.77. The second-order valence-electron chi connectivity index (χ2n) is 9.11. The van der Waals surface area contributed by atoms with Crippen LogP contribution in [0.2, 0.25) is 5.02 Å². The third-order valence-electron chi connectivity index (χ3n) is 6.57. The SMILES string of the molecule is Clc1c(-c2cc(NCCCC3CCCNC3)c3ccccc3n2)ccnc1OCc1ccccc1. The van der Waals surface area contributed by atoms with E-state index in [2.05, 4.69) is 33.8 Å². The average Bonchev–Trinajstić information content (AvgIpc) is 2.91. The highest BCUT2D eigenvalue weighted by molar-refractivity contribution is 6.34. The van der Waals surface area contributed by atoms with E-state index in [-0.39, 0.29) is 0 Å². The quantitative estimate of drug-likeness (QED) is 0.257. The van der Waals surface area contributed by atoms with Gasteiger partial charge in [-0.1, -0.05) is 60.1 Å². The average molecular weight is 487 g/mol. The minimum atomic E-state index is 0.408. The van der Waals surface area contributed by atoms with Gasteiger partial charge in [0.2, 0.25) is 5.88 Å². The van der Waals surface area contributed by atoms with Crippen molar-refractivity contribution in [3.05, 3.63) is 83.5 Å². The number of nitrogens with zero attached hydrogens (tertiary/aromatic N) is 2. The number of nitrogens with one attached hydrogen (secondary N) is 2. The first-order valence-corrected chi connectivity index (χ1v) is 12.8. The summed E-state index contributed by atoms with van der Waals surface area (Å²) in [5, 5.41) is 8.77. The first-order chi connectivity index (χ1) is 17.3. The Morgan fingerprint density at radius 2 is 1.91 bits per heavy atom. The number of piperidine rings is 1. The number of benzene rings is 2. The van der Waals surface area contributed by atoms with Crippen LogP contribution in [0.5, 0.6) is 5.88 Å². The van der Waals surface area contributed by atoms with E-state index in [1.807, 2.05) is 48.5 Å². The standard InChI is InChI=1S/C29H31ClN4O/c30-28-24(14-17-33-29(28)35-20-22-8-2-1-3-9-22)27-18-26(23-12-4-5-13-25(23)34-27)32-16-7-11-21-10-6-15-31-19-21/h1-5,8-9,12-14,17-18,21,31H,6-7,10-11,15-16,19-20H2,(H,32,34). The van der Waals surface area contributed by atoms with Crippen molar-refractivity contribution in [3.8, 4) is 17.1 Å². The van der Waals surface area contributed by atoms with Crippen molar-refractivity contribution >= 4 is 28.2 Å². The maximum absolute atomic E-state index is 6.77. The van der Waals surface area contributed by atoms with Crippen molar-refractivity contribution in [2.24, 2.45) is 5.92 Å². The molecule has 1 aliphatic heterocycles. The minimum absolute atomic E-state index is 0.408. The topological polar surface area (TPSA) is 59.1 Å². The second-order valence-corrected chi connectivity index (χ2v) is 9.48. The molecule has 5 rings (SSSR count). The number of hydrogen-bond donors (Lipinski definition) is 2. The zero-order valence-corrected chi connectivity index (χ0v) is 20.6. The van der Waals surface area contributed by atoms with Gasteiger partial charge in [-0.2, -0.15) is 0 Å². The summed E-state index contributed by atoms with van der Waals surface area (Å²) in [4.78, 5) is 9.28. The second kappa shape index (κ2) is 11.5. The highest BCUT2D eigenvalue weighted by Gasteiger charge is 2.15. The van der Waals surface area contributed by atoms with Crippen LogP contribution >= 0.6 is 11.6 Å². The van der Waals surface area contributed by atoms with Crippen LogP contribution in [0.4, 0.5) is 5.69 Å². The molecule has 180 valence electrons. The molecular formula is C29H31ClN4O. The van der Waals surface area contributed by atoms with E-state index < -0.39 is 0 Å². The van der Waals surface area contributed by atoms with Gasteiger partial charge in [-0.05, 0) is 68.5 Å². The Hall–Kier alpha value is -3.15. The molecule has 35 heavy (non-hydrogen) atoms. The Morgan fingerprint density at radius 3 is 2.77 bits per heavy atom. The van der Waals surface area contributed by atoms with Crippen LogP contribution in [0.1, 0.15) is 31.2 Å². The van der Waals surface area contributed by atoms with Crippen LogP contribution in [0.25, 0.3) is 22.2 Å². The Balaban J connectivity index is 1.35. The molecule has 2 aromatic carbocycles. The van der Waals surface area contributed by atoms with E-state index in [1.54, 1.807) is 6.20 Å². The summed E-state index contributed by atoms with van der Waals surface area (Å²) in [6.45, 7) is 3.65. The van der Waals surface area contributed by atoms with Crippen LogP contribution in [-0.2, 0) is 6.61 Å². The minimum Gasteiger partial charge on any atom is -0.472 e. The number of anilines is 1. The fourth-order valence-corrected chi connectivity index (χ4v) is 4.96. The predicted octanol–water partition coefficient (Wildman–Crippen LogP) is 6.72. The van der Waals surface area contributed by atoms with E-state index in [0.717, 1.165) is 65.4 Å². The van der Waals surface area contributed by atoms with E-state index in [0.29, 0.717) is 17.5 Å². The van der Waals surface area contributed by atoms with Gasteiger partial charge in [-0.15, -0.1) is 0 Å². The van der Waals surface area contributed by atoms with E-state index in [9.17, 15) is 0 Å². The molecule has 1 unspecified atom stereocenters. The van der Waals surface area contributed by atoms with Crippen molar-refractivity contribution in [2.45, 2.75) is 32.3 Å². The fourth-order valence-electron chi connectivity index (χ4n) is 4.69. The van der Waals surface area contributed by atoms with E-state index in [4.69, 9.17) is 21.3 Å². The molecule has 1 aliphatic rings. The van der Waals surface area contributed by atoms with Gasteiger partial charge in [0.05, 0.1) is 11.2 Å². The summed E-state index contributed by atoms with van der Waals surface area (Å²) in [6.07, 6.45) is 6.74. The molecule has 0 spiro atoms.